The van der Waals surface area contributed by atoms with Crippen LogP contribution in [-0.2, 0) is 16.6 Å². The summed E-state index contributed by atoms with van der Waals surface area (Å²) in [5.41, 5.74) is -0.151. The van der Waals surface area contributed by atoms with Crippen molar-refractivity contribution in [1.29, 1.82) is 0 Å². The summed E-state index contributed by atoms with van der Waals surface area (Å²) in [6.07, 6.45) is 0. The fraction of sp³-hybridized carbons (Fsp3) is 0.400. The summed E-state index contributed by atoms with van der Waals surface area (Å²) in [6, 6.07) is 1.84. The van der Waals surface area contributed by atoms with Gasteiger partial charge in [0.1, 0.15) is 10.7 Å². The molecule has 0 saturated carbocycles. The molecule has 0 heterocycles. The second-order valence-corrected chi connectivity index (χ2v) is 5.93. The molecule has 0 aliphatic heterocycles. The lowest BCUT2D eigenvalue weighted by Crippen LogP contribution is -2.31. The van der Waals surface area contributed by atoms with Crippen LogP contribution < -0.4 is 4.72 Å². The summed E-state index contributed by atoms with van der Waals surface area (Å²) < 4.78 is 39.6. The zero-order valence-corrected chi connectivity index (χ0v) is 10.9. The van der Waals surface area contributed by atoms with E-state index in [1.807, 2.05) is 0 Å². The molecule has 0 unspecified atom stereocenters. The quantitative estimate of drug-likeness (QED) is 0.882. The first kappa shape index (κ1) is 14.4. The molecule has 0 radical (unpaired) electrons. The van der Waals surface area contributed by atoms with E-state index in [1.54, 1.807) is 13.8 Å². The monoisotopic (exact) mass is 281 g/mol. The Morgan fingerprint density at radius 2 is 2.06 bits per heavy atom. The molecular formula is C10H13ClFNO3S. The molecule has 0 aliphatic carbocycles. The maximum absolute atomic E-state index is 13.8. The lowest BCUT2D eigenvalue weighted by atomic mass is 10.2. The van der Waals surface area contributed by atoms with E-state index in [1.165, 1.54) is 6.07 Å². The van der Waals surface area contributed by atoms with Crippen LogP contribution in [-0.4, -0.2) is 19.6 Å². The van der Waals surface area contributed by atoms with E-state index in [4.69, 9.17) is 16.7 Å². The predicted molar refractivity (Wildman–Crippen MR) is 62.8 cm³/mol. The van der Waals surface area contributed by atoms with Gasteiger partial charge in [-0.2, -0.15) is 0 Å². The summed E-state index contributed by atoms with van der Waals surface area (Å²) in [5, 5.41) is 8.96. The Bertz CT molecular complexity index is 517. The molecule has 0 amide bonds. The molecule has 1 aromatic carbocycles. The number of nitrogens with one attached hydrogen (secondary N) is 1. The first-order valence-corrected chi connectivity index (χ1v) is 6.75. The smallest absolute Gasteiger partial charge is 0.243 e. The number of rotatable bonds is 4. The van der Waals surface area contributed by atoms with Gasteiger partial charge in [-0.15, -0.1) is 0 Å². The number of benzene rings is 1. The van der Waals surface area contributed by atoms with Gasteiger partial charge in [-0.3, -0.25) is 0 Å². The standard InChI is InChI=1S/C10H13ClFNO3S/c1-6(2)13-17(15,16)9-4-8(11)3-7(5-14)10(9)12/h3-4,6,13-14H,5H2,1-2H3. The maximum atomic E-state index is 13.8. The highest BCUT2D eigenvalue weighted by Crippen LogP contribution is 2.23. The van der Waals surface area contributed by atoms with Gasteiger partial charge in [0.2, 0.25) is 10.0 Å². The van der Waals surface area contributed by atoms with Crippen LogP contribution in [0, 0.1) is 5.82 Å². The highest BCUT2D eigenvalue weighted by Gasteiger charge is 2.22. The van der Waals surface area contributed by atoms with Crippen molar-refractivity contribution in [2.45, 2.75) is 31.4 Å². The van der Waals surface area contributed by atoms with E-state index in [-0.39, 0.29) is 16.6 Å². The molecule has 96 valence electrons. The van der Waals surface area contributed by atoms with E-state index in [9.17, 15) is 12.8 Å². The van der Waals surface area contributed by atoms with Crippen molar-refractivity contribution in [1.82, 2.24) is 4.72 Å². The van der Waals surface area contributed by atoms with E-state index in [0.717, 1.165) is 6.07 Å². The molecule has 1 rings (SSSR count). The summed E-state index contributed by atoms with van der Waals surface area (Å²) in [5.74, 6) is -0.981. The molecule has 0 fully saturated rings. The third kappa shape index (κ3) is 3.38. The third-order valence-electron chi connectivity index (χ3n) is 1.93. The normalized spacial score (nSPS) is 12.1. The third-order valence-corrected chi connectivity index (χ3v) is 3.81. The first-order chi connectivity index (χ1) is 7.77. The van der Waals surface area contributed by atoms with Crippen molar-refractivity contribution in [3.8, 4) is 0 Å². The topological polar surface area (TPSA) is 66.4 Å². The van der Waals surface area contributed by atoms with Crippen LogP contribution in [0.25, 0.3) is 0 Å². The minimum Gasteiger partial charge on any atom is -0.392 e. The van der Waals surface area contributed by atoms with Crippen molar-refractivity contribution in [2.75, 3.05) is 0 Å². The zero-order chi connectivity index (χ0) is 13.2. The number of hydrogen-bond acceptors (Lipinski definition) is 3. The Kier molecular flexibility index (Phi) is 4.48. The van der Waals surface area contributed by atoms with Crippen LogP contribution in [0.15, 0.2) is 17.0 Å². The molecule has 1 aromatic rings. The minimum atomic E-state index is -3.97. The SMILES string of the molecule is CC(C)NS(=O)(=O)c1cc(Cl)cc(CO)c1F. The van der Waals surface area contributed by atoms with E-state index >= 15 is 0 Å². The zero-order valence-electron chi connectivity index (χ0n) is 9.37. The second kappa shape index (κ2) is 5.30. The molecule has 0 spiro atoms. The average Bonchev–Trinajstić information content (AvgIpc) is 2.18. The number of sulfonamides is 1. The minimum absolute atomic E-state index is 0.0552. The van der Waals surface area contributed by atoms with E-state index in [2.05, 4.69) is 4.72 Å². The molecule has 0 saturated heterocycles. The van der Waals surface area contributed by atoms with Gasteiger partial charge in [0.15, 0.2) is 0 Å². The maximum Gasteiger partial charge on any atom is 0.243 e. The van der Waals surface area contributed by atoms with Crippen molar-refractivity contribution >= 4 is 21.6 Å². The van der Waals surface area contributed by atoms with Crippen molar-refractivity contribution in [3.05, 3.63) is 28.5 Å². The Balaban J connectivity index is 3.36. The summed E-state index contributed by atoms with van der Waals surface area (Å²) in [4.78, 5) is -0.553. The van der Waals surface area contributed by atoms with Gasteiger partial charge in [-0.1, -0.05) is 11.6 Å². The van der Waals surface area contributed by atoms with E-state index in [0.29, 0.717) is 0 Å². The number of aliphatic hydroxyl groups excluding tert-OH is 1. The van der Waals surface area contributed by atoms with Gasteiger partial charge in [-0.05, 0) is 26.0 Å². The van der Waals surface area contributed by atoms with E-state index < -0.39 is 27.3 Å². The Hall–Kier alpha value is -0.690. The fourth-order valence-electron chi connectivity index (χ4n) is 1.30. The molecule has 0 atom stereocenters. The van der Waals surface area contributed by atoms with Crippen LogP contribution in [0.2, 0.25) is 5.02 Å². The molecule has 2 N–H and O–H groups in total. The molecule has 7 heteroatoms. The predicted octanol–water partition coefficient (Wildman–Crippen LogP) is 1.66. The second-order valence-electron chi connectivity index (χ2n) is 3.81. The number of aliphatic hydroxyl groups is 1. The average molecular weight is 282 g/mol. The van der Waals surface area contributed by atoms with Crippen molar-refractivity contribution in [3.63, 3.8) is 0 Å². The lowest BCUT2D eigenvalue weighted by molar-refractivity contribution is 0.274. The summed E-state index contributed by atoms with van der Waals surface area (Å²) >= 11 is 5.67. The molecular weight excluding hydrogens is 269 g/mol. The Labute approximate surface area is 104 Å². The van der Waals surface area contributed by atoms with Crippen molar-refractivity contribution in [2.24, 2.45) is 0 Å². The Morgan fingerprint density at radius 1 is 1.47 bits per heavy atom. The highest BCUT2D eigenvalue weighted by molar-refractivity contribution is 7.89. The van der Waals surface area contributed by atoms with Gasteiger partial charge in [0, 0.05) is 16.6 Å². The number of hydrogen-bond donors (Lipinski definition) is 2. The molecule has 0 bridgehead atoms. The summed E-state index contributed by atoms with van der Waals surface area (Å²) in [7, 11) is -3.97. The molecule has 17 heavy (non-hydrogen) atoms. The van der Waals surface area contributed by atoms with Gasteiger partial charge < -0.3 is 5.11 Å². The Morgan fingerprint density at radius 3 is 2.53 bits per heavy atom. The van der Waals surface area contributed by atoms with Gasteiger partial charge in [0.05, 0.1) is 6.61 Å². The van der Waals surface area contributed by atoms with Crippen LogP contribution in [0.3, 0.4) is 0 Å². The molecule has 0 aliphatic rings. The lowest BCUT2D eigenvalue weighted by Gasteiger charge is -2.12. The van der Waals surface area contributed by atoms with Crippen LogP contribution in [0.4, 0.5) is 4.39 Å². The van der Waals surface area contributed by atoms with Crippen molar-refractivity contribution < 1.29 is 17.9 Å². The van der Waals surface area contributed by atoms with Crippen LogP contribution in [0.5, 0.6) is 0 Å². The summed E-state index contributed by atoms with van der Waals surface area (Å²) in [6.45, 7) is 2.62. The van der Waals surface area contributed by atoms with Crippen LogP contribution in [0.1, 0.15) is 19.4 Å². The number of halogens is 2. The molecule has 4 nitrogen and oxygen atoms in total. The first-order valence-electron chi connectivity index (χ1n) is 4.89. The fourth-order valence-corrected chi connectivity index (χ4v) is 3.00. The highest BCUT2D eigenvalue weighted by atomic mass is 35.5. The van der Waals surface area contributed by atoms with Crippen LogP contribution >= 0.6 is 11.6 Å². The van der Waals surface area contributed by atoms with Gasteiger partial charge in [-0.25, -0.2) is 17.5 Å². The molecule has 0 aromatic heterocycles. The van der Waals surface area contributed by atoms with Gasteiger partial charge >= 0.3 is 0 Å². The largest absolute Gasteiger partial charge is 0.392 e. The van der Waals surface area contributed by atoms with Gasteiger partial charge in [0.25, 0.3) is 0 Å².